The van der Waals surface area contributed by atoms with Crippen molar-refractivity contribution in [3.05, 3.63) is 68.3 Å². The number of carbonyl (C=O) groups excluding carboxylic acids is 1. The molecule has 0 unspecified atom stereocenters. The van der Waals surface area contributed by atoms with Crippen molar-refractivity contribution in [2.45, 2.75) is 13.8 Å². The standard InChI is InChI=1S/C15H13IO/c1-10-6-5-8-12(11(10)2)15(17)13-7-3-4-9-14(13)16/h3-9H,1-2H3. The quantitative estimate of drug-likeness (QED) is 0.595. The zero-order chi connectivity index (χ0) is 12.4. The van der Waals surface area contributed by atoms with Gasteiger partial charge in [-0.05, 0) is 59.7 Å². The van der Waals surface area contributed by atoms with Gasteiger partial charge in [0.15, 0.2) is 5.78 Å². The number of halogens is 1. The summed E-state index contributed by atoms with van der Waals surface area (Å²) in [6.07, 6.45) is 0. The van der Waals surface area contributed by atoms with Crippen LogP contribution in [0.4, 0.5) is 0 Å². The van der Waals surface area contributed by atoms with Crippen LogP contribution >= 0.6 is 22.6 Å². The van der Waals surface area contributed by atoms with Gasteiger partial charge < -0.3 is 0 Å². The van der Waals surface area contributed by atoms with Crippen molar-refractivity contribution in [2.24, 2.45) is 0 Å². The largest absolute Gasteiger partial charge is 0.289 e. The van der Waals surface area contributed by atoms with Gasteiger partial charge in [-0.15, -0.1) is 0 Å². The van der Waals surface area contributed by atoms with Crippen LogP contribution in [0.15, 0.2) is 42.5 Å². The average molecular weight is 336 g/mol. The third-order valence-electron chi connectivity index (χ3n) is 2.97. The Morgan fingerprint density at radius 1 is 0.941 bits per heavy atom. The molecule has 2 heteroatoms. The number of rotatable bonds is 2. The predicted octanol–water partition coefficient (Wildman–Crippen LogP) is 4.14. The molecule has 0 bridgehead atoms. The fourth-order valence-corrected chi connectivity index (χ4v) is 2.42. The molecule has 2 aromatic carbocycles. The third-order valence-corrected chi connectivity index (χ3v) is 3.91. The lowest BCUT2D eigenvalue weighted by Crippen LogP contribution is -2.06. The zero-order valence-corrected chi connectivity index (χ0v) is 12.0. The zero-order valence-electron chi connectivity index (χ0n) is 9.83. The van der Waals surface area contributed by atoms with E-state index in [1.54, 1.807) is 0 Å². The highest BCUT2D eigenvalue weighted by Gasteiger charge is 2.14. The number of aryl methyl sites for hydroxylation is 1. The second-order valence-corrected chi connectivity index (χ2v) is 5.22. The van der Waals surface area contributed by atoms with Crippen molar-refractivity contribution in [3.63, 3.8) is 0 Å². The summed E-state index contributed by atoms with van der Waals surface area (Å²) in [5.74, 6) is 0.108. The molecule has 2 aromatic rings. The molecule has 0 aliphatic carbocycles. The van der Waals surface area contributed by atoms with Gasteiger partial charge in [-0.2, -0.15) is 0 Å². The Balaban J connectivity index is 2.52. The van der Waals surface area contributed by atoms with Crippen LogP contribution in [0.1, 0.15) is 27.0 Å². The molecular weight excluding hydrogens is 323 g/mol. The molecule has 86 valence electrons. The molecule has 0 saturated carbocycles. The number of benzene rings is 2. The first-order valence-electron chi connectivity index (χ1n) is 5.46. The maximum Gasteiger partial charge on any atom is 0.194 e. The molecule has 17 heavy (non-hydrogen) atoms. The van der Waals surface area contributed by atoms with E-state index in [1.165, 1.54) is 0 Å². The van der Waals surface area contributed by atoms with Gasteiger partial charge in [0.2, 0.25) is 0 Å². The SMILES string of the molecule is Cc1cccc(C(=O)c2ccccc2I)c1C. The Morgan fingerprint density at radius 3 is 2.29 bits per heavy atom. The van der Waals surface area contributed by atoms with Crippen LogP contribution in [-0.2, 0) is 0 Å². The Labute approximate surface area is 115 Å². The molecule has 1 nitrogen and oxygen atoms in total. The molecule has 0 fully saturated rings. The van der Waals surface area contributed by atoms with Crippen LogP contribution in [-0.4, -0.2) is 5.78 Å². The van der Waals surface area contributed by atoms with E-state index >= 15 is 0 Å². The molecule has 0 amide bonds. The summed E-state index contributed by atoms with van der Waals surface area (Å²) in [7, 11) is 0. The topological polar surface area (TPSA) is 17.1 Å². The Bertz CT molecular complexity index is 573. The normalized spacial score (nSPS) is 10.3. The van der Waals surface area contributed by atoms with E-state index in [0.29, 0.717) is 0 Å². The second kappa shape index (κ2) is 5.00. The van der Waals surface area contributed by atoms with Crippen LogP contribution in [0.25, 0.3) is 0 Å². The molecule has 0 N–H and O–H groups in total. The molecule has 0 radical (unpaired) electrons. The third kappa shape index (κ3) is 2.41. The molecule has 0 aliphatic heterocycles. The Hall–Kier alpha value is -1.16. The number of hydrogen-bond donors (Lipinski definition) is 0. The van der Waals surface area contributed by atoms with Crippen LogP contribution < -0.4 is 0 Å². The van der Waals surface area contributed by atoms with Crippen LogP contribution in [0.5, 0.6) is 0 Å². The van der Waals surface area contributed by atoms with Gasteiger partial charge in [-0.1, -0.05) is 30.3 Å². The highest BCUT2D eigenvalue weighted by atomic mass is 127. The van der Waals surface area contributed by atoms with E-state index in [9.17, 15) is 4.79 Å². The van der Waals surface area contributed by atoms with Gasteiger partial charge in [0.1, 0.15) is 0 Å². The molecule has 0 aliphatic rings. The molecular formula is C15H13IO. The number of hydrogen-bond acceptors (Lipinski definition) is 1. The van der Waals surface area contributed by atoms with Crippen LogP contribution in [0.2, 0.25) is 0 Å². The molecule has 0 heterocycles. The monoisotopic (exact) mass is 336 g/mol. The highest BCUT2D eigenvalue weighted by Crippen LogP contribution is 2.20. The first kappa shape index (κ1) is 12.3. The van der Waals surface area contributed by atoms with Gasteiger partial charge in [0.25, 0.3) is 0 Å². The van der Waals surface area contributed by atoms with Crippen molar-refractivity contribution < 1.29 is 4.79 Å². The summed E-state index contributed by atoms with van der Waals surface area (Å²) in [5, 5.41) is 0. The van der Waals surface area contributed by atoms with Crippen LogP contribution in [0, 0.1) is 17.4 Å². The van der Waals surface area contributed by atoms with E-state index in [2.05, 4.69) is 22.6 Å². The summed E-state index contributed by atoms with van der Waals surface area (Å²) in [5.41, 5.74) is 3.80. The number of ketones is 1. The van der Waals surface area contributed by atoms with Crippen molar-refractivity contribution >= 4 is 28.4 Å². The van der Waals surface area contributed by atoms with Gasteiger partial charge in [0.05, 0.1) is 0 Å². The van der Waals surface area contributed by atoms with E-state index < -0.39 is 0 Å². The van der Waals surface area contributed by atoms with Crippen molar-refractivity contribution in [1.82, 2.24) is 0 Å². The maximum absolute atomic E-state index is 12.4. The minimum Gasteiger partial charge on any atom is -0.289 e. The van der Waals surface area contributed by atoms with Gasteiger partial charge in [0, 0.05) is 14.7 Å². The lowest BCUT2D eigenvalue weighted by molar-refractivity contribution is 0.103. The fourth-order valence-electron chi connectivity index (χ4n) is 1.79. The first-order valence-corrected chi connectivity index (χ1v) is 6.54. The summed E-state index contributed by atoms with van der Waals surface area (Å²) in [6.45, 7) is 4.03. The Kier molecular flexibility index (Phi) is 3.62. The van der Waals surface area contributed by atoms with E-state index in [0.717, 1.165) is 25.8 Å². The average Bonchev–Trinajstić information content (AvgIpc) is 2.32. The van der Waals surface area contributed by atoms with Gasteiger partial charge in [-0.3, -0.25) is 4.79 Å². The van der Waals surface area contributed by atoms with E-state index in [4.69, 9.17) is 0 Å². The fraction of sp³-hybridized carbons (Fsp3) is 0.133. The minimum absolute atomic E-state index is 0.108. The summed E-state index contributed by atoms with van der Waals surface area (Å²) in [4.78, 5) is 12.4. The summed E-state index contributed by atoms with van der Waals surface area (Å²) in [6, 6.07) is 13.5. The Morgan fingerprint density at radius 2 is 1.59 bits per heavy atom. The lowest BCUT2D eigenvalue weighted by Gasteiger charge is -2.08. The minimum atomic E-state index is 0.108. The van der Waals surface area contributed by atoms with Gasteiger partial charge >= 0.3 is 0 Å². The second-order valence-electron chi connectivity index (χ2n) is 4.06. The lowest BCUT2D eigenvalue weighted by atomic mass is 9.96. The van der Waals surface area contributed by atoms with E-state index in [1.807, 2.05) is 56.3 Å². The maximum atomic E-state index is 12.4. The molecule has 0 saturated heterocycles. The predicted molar refractivity (Wildman–Crippen MR) is 78.5 cm³/mol. The molecule has 0 spiro atoms. The molecule has 0 atom stereocenters. The smallest absolute Gasteiger partial charge is 0.194 e. The summed E-state index contributed by atoms with van der Waals surface area (Å²) < 4.78 is 0.996. The highest BCUT2D eigenvalue weighted by molar-refractivity contribution is 14.1. The molecule has 0 aromatic heterocycles. The summed E-state index contributed by atoms with van der Waals surface area (Å²) >= 11 is 2.20. The van der Waals surface area contributed by atoms with Crippen molar-refractivity contribution in [2.75, 3.05) is 0 Å². The number of carbonyl (C=O) groups is 1. The van der Waals surface area contributed by atoms with Crippen molar-refractivity contribution in [3.8, 4) is 0 Å². The van der Waals surface area contributed by atoms with E-state index in [-0.39, 0.29) is 5.78 Å². The van der Waals surface area contributed by atoms with Gasteiger partial charge in [-0.25, -0.2) is 0 Å². The van der Waals surface area contributed by atoms with Crippen LogP contribution in [0.3, 0.4) is 0 Å². The van der Waals surface area contributed by atoms with Crippen molar-refractivity contribution in [1.29, 1.82) is 0 Å². The molecule has 2 rings (SSSR count). The first-order chi connectivity index (χ1) is 8.11.